The maximum Gasteiger partial charge on any atom is 0.223 e. The van der Waals surface area contributed by atoms with Crippen LogP contribution in [0.4, 0.5) is 0 Å². The van der Waals surface area contributed by atoms with Gasteiger partial charge in [-0.05, 0) is 31.5 Å². The van der Waals surface area contributed by atoms with Crippen LogP contribution in [0.3, 0.4) is 0 Å². The van der Waals surface area contributed by atoms with Crippen molar-refractivity contribution in [3.05, 3.63) is 65.5 Å². The number of nitrogens with zero attached hydrogens (tertiary/aromatic N) is 2. The van der Waals surface area contributed by atoms with Crippen molar-refractivity contribution in [2.75, 3.05) is 6.26 Å². The topological polar surface area (TPSA) is 73.1 Å². The third kappa shape index (κ3) is 6.44. The lowest BCUT2D eigenvalue weighted by Crippen LogP contribution is -1.98. The average Bonchev–Trinajstić information content (AvgIpc) is 3.03. The van der Waals surface area contributed by atoms with Crippen molar-refractivity contribution in [1.82, 2.24) is 10.1 Å². The summed E-state index contributed by atoms with van der Waals surface area (Å²) >= 11 is 0. The van der Waals surface area contributed by atoms with Crippen molar-refractivity contribution in [1.29, 1.82) is 0 Å². The van der Waals surface area contributed by atoms with E-state index < -0.39 is 9.84 Å². The maximum atomic E-state index is 11.1. The summed E-state index contributed by atoms with van der Waals surface area (Å²) in [4.78, 5) is 4.56. The first-order valence-electron chi connectivity index (χ1n) is 8.40. The molecule has 1 aromatic heterocycles. The zero-order chi connectivity index (χ0) is 19.7. The molecule has 0 atom stereocenters. The molecule has 0 aliphatic rings. The first-order valence-corrected chi connectivity index (χ1v) is 10.3. The second-order valence-electron chi connectivity index (χ2n) is 5.54. The number of sulfone groups is 1. The molecule has 140 valence electrons. The Morgan fingerprint density at radius 2 is 1.58 bits per heavy atom. The van der Waals surface area contributed by atoms with Crippen LogP contribution < -0.4 is 0 Å². The van der Waals surface area contributed by atoms with E-state index in [1.165, 1.54) is 11.8 Å². The first kappa shape index (κ1) is 21.6. The number of hydrogen-bond donors (Lipinski definition) is 0. The van der Waals surface area contributed by atoms with Crippen LogP contribution >= 0.6 is 0 Å². The van der Waals surface area contributed by atoms with E-state index in [2.05, 4.69) is 10.1 Å². The minimum Gasteiger partial charge on any atom is -0.339 e. The van der Waals surface area contributed by atoms with Crippen molar-refractivity contribution < 1.29 is 12.9 Å². The van der Waals surface area contributed by atoms with Gasteiger partial charge in [-0.25, -0.2) is 8.42 Å². The third-order valence-electron chi connectivity index (χ3n) is 3.30. The Labute approximate surface area is 156 Å². The highest BCUT2D eigenvalue weighted by molar-refractivity contribution is 7.90. The van der Waals surface area contributed by atoms with Gasteiger partial charge in [-0.15, -0.1) is 0 Å². The van der Waals surface area contributed by atoms with E-state index in [0.717, 1.165) is 11.1 Å². The summed E-state index contributed by atoms with van der Waals surface area (Å²) in [6.07, 6.45) is 1.22. The molecule has 26 heavy (non-hydrogen) atoms. The quantitative estimate of drug-likeness (QED) is 0.645. The summed E-state index contributed by atoms with van der Waals surface area (Å²) in [5, 5.41) is 3.84. The van der Waals surface area contributed by atoms with Crippen LogP contribution in [0.5, 0.6) is 0 Å². The summed E-state index contributed by atoms with van der Waals surface area (Å²) in [5.74, 6) is 1.25. The van der Waals surface area contributed by atoms with E-state index in [-0.39, 0.29) is 0 Å². The van der Waals surface area contributed by atoms with Gasteiger partial charge in [-0.3, -0.25) is 0 Å². The number of aromatic nitrogens is 2. The van der Waals surface area contributed by atoms with Crippen LogP contribution in [0.2, 0.25) is 0 Å². The number of rotatable bonds is 2. The Morgan fingerprint density at radius 3 is 2.04 bits per heavy atom. The minimum atomic E-state index is -3.03. The fraction of sp³-hybridized carbons (Fsp3) is 0.300. The molecule has 0 aliphatic heterocycles. The predicted molar refractivity (Wildman–Crippen MR) is 105 cm³/mol. The molecular weight excluding hydrogens is 348 g/mol. The third-order valence-corrected chi connectivity index (χ3v) is 4.55. The first-order chi connectivity index (χ1) is 12.3. The van der Waals surface area contributed by atoms with E-state index >= 15 is 0 Å². The highest BCUT2D eigenvalue weighted by Gasteiger charge is 2.08. The summed E-state index contributed by atoms with van der Waals surface area (Å²) < 4.78 is 27.0. The van der Waals surface area contributed by atoms with Gasteiger partial charge in [0.15, 0.2) is 9.84 Å². The molecule has 0 saturated carbocycles. The molecule has 0 N–H and O–H groups in total. The van der Waals surface area contributed by atoms with Crippen molar-refractivity contribution >= 4 is 9.84 Å². The smallest absolute Gasteiger partial charge is 0.223 e. The van der Waals surface area contributed by atoms with Crippen molar-refractivity contribution in [3.8, 4) is 11.4 Å². The van der Waals surface area contributed by atoms with Gasteiger partial charge in [0.25, 0.3) is 0 Å². The Balaban J connectivity index is 0.000000241. The lowest BCUT2D eigenvalue weighted by atomic mass is 10.1. The van der Waals surface area contributed by atoms with E-state index in [1.807, 2.05) is 51.1 Å². The SMILES string of the molecule is CC.Cc1cccc(-c2noc(C)n2)c1.Cc1ccccc1S(C)(=O)=O. The van der Waals surface area contributed by atoms with Crippen molar-refractivity contribution in [2.24, 2.45) is 0 Å². The molecule has 0 fully saturated rings. The Bertz CT molecular complexity index is 931. The average molecular weight is 375 g/mol. The van der Waals surface area contributed by atoms with Crippen LogP contribution in [-0.2, 0) is 9.84 Å². The molecule has 0 spiro atoms. The second kappa shape index (κ2) is 9.87. The summed E-state index contributed by atoms with van der Waals surface area (Å²) in [6.45, 7) is 9.61. The second-order valence-corrected chi connectivity index (χ2v) is 7.53. The summed E-state index contributed by atoms with van der Waals surface area (Å²) in [7, 11) is -3.03. The van der Waals surface area contributed by atoms with Crippen LogP contribution in [0.25, 0.3) is 11.4 Å². The van der Waals surface area contributed by atoms with Gasteiger partial charge in [-0.1, -0.05) is 61.0 Å². The Hall–Kier alpha value is -2.47. The lowest BCUT2D eigenvalue weighted by Gasteiger charge is -2.00. The molecular formula is C20H26N2O3S. The normalized spacial score (nSPS) is 10.2. The molecule has 3 aromatic rings. The van der Waals surface area contributed by atoms with Gasteiger partial charge in [0.2, 0.25) is 11.7 Å². The van der Waals surface area contributed by atoms with Gasteiger partial charge in [-0.2, -0.15) is 4.98 Å². The highest BCUT2D eigenvalue weighted by Crippen LogP contribution is 2.16. The lowest BCUT2D eigenvalue weighted by molar-refractivity contribution is 0.394. The molecule has 2 aromatic carbocycles. The maximum absolute atomic E-state index is 11.1. The Morgan fingerprint density at radius 1 is 0.923 bits per heavy atom. The van der Waals surface area contributed by atoms with Gasteiger partial charge in [0.1, 0.15) is 0 Å². The van der Waals surface area contributed by atoms with Gasteiger partial charge in [0, 0.05) is 18.7 Å². The van der Waals surface area contributed by atoms with E-state index in [1.54, 1.807) is 32.0 Å². The molecule has 5 nitrogen and oxygen atoms in total. The van der Waals surface area contributed by atoms with E-state index in [4.69, 9.17) is 4.52 Å². The zero-order valence-corrected chi connectivity index (χ0v) is 17.0. The molecule has 0 aliphatic carbocycles. The van der Waals surface area contributed by atoms with Crippen molar-refractivity contribution in [2.45, 2.75) is 39.5 Å². The number of benzene rings is 2. The molecule has 6 heteroatoms. The number of aryl methyl sites for hydroxylation is 3. The summed E-state index contributed by atoms with van der Waals surface area (Å²) in [6, 6.07) is 15.0. The standard InChI is InChI=1S/C10H10N2O.C8H10O2S.C2H6/c1-7-4-3-5-9(6-7)10-11-8(2)13-12-10;1-7-5-3-4-6-8(7)11(2,9)10;1-2/h3-6H,1-2H3;3-6H,1-2H3;1-2H3. The van der Waals surface area contributed by atoms with Gasteiger partial charge in [0.05, 0.1) is 4.90 Å². The van der Waals surface area contributed by atoms with Crippen LogP contribution in [-0.4, -0.2) is 24.8 Å². The van der Waals surface area contributed by atoms with Crippen molar-refractivity contribution in [3.63, 3.8) is 0 Å². The van der Waals surface area contributed by atoms with Crippen LogP contribution in [0, 0.1) is 20.8 Å². The summed E-state index contributed by atoms with van der Waals surface area (Å²) in [5.41, 5.74) is 2.99. The molecule has 0 bridgehead atoms. The Kier molecular flexibility index (Phi) is 8.19. The fourth-order valence-corrected chi connectivity index (χ4v) is 3.15. The number of hydrogen-bond acceptors (Lipinski definition) is 5. The largest absolute Gasteiger partial charge is 0.339 e. The fourth-order valence-electron chi connectivity index (χ4n) is 2.17. The van der Waals surface area contributed by atoms with Crippen LogP contribution in [0.15, 0.2) is 57.9 Å². The molecule has 0 radical (unpaired) electrons. The monoisotopic (exact) mass is 374 g/mol. The van der Waals surface area contributed by atoms with E-state index in [0.29, 0.717) is 16.6 Å². The van der Waals surface area contributed by atoms with Gasteiger partial charge >= 0.3 is 0 Å². The molecule has 0 amide bonds. The van der Waals surface area contributed by atoms with Gasteiger partial charge < -0.3 is 4.52 Å². The minimum absolute atomic E-state index is 0.417. The highest BCUT2D eigenvalue weighted by atomic mass is 32.2. The predicted octanol–water partition coefficient (Wildman–Crippen LogP) is 4.78. The molecule has 0 unspecified atom stereocenters. The van der Waals surface area contributed by atoms with Crippen LogP contribution in [0.1, 0.15) is 30.9 Å². The molecule has 0 saturated heterocycles. The molecule has 1 heterocycles. The zero-order valence-electron chi connectivity index (χ0n) is 16.1. The van der Waals surface area contributed by atoms with E-state index in [9.17, 15) is 8.42 Å². The molecule has 3 rings (SSSR count).